The summed E-state index contributed by atoms with van der Waals surface area (Å²) in [5, 5.41) is 1.35. The van der Waals surface area contributed by atoms with E-state index in [1.807, 2.05) is 0 Å². The Labute approximate surface area is 152 Å². The smallest absolute Gasteiger partial charge is 0.189 e. The second-order valence-corrected chi connectivity index (χ2v) is 7.65. The van der Waals surface area contributed by atoms with Crippen LogP contribution in [0.25, 0.3) is 22.7 Å². The van der Waals surface area contributed by atoms with Gasteiger partial charge in [0.2, 0.25) is 0 Å². The SMILES string of the molecule is Cc1ccc2c(c1)c1c(n2/C=C2\CCc3[nH]ccc(=O)c32)CCN(C)C1. The first-order valence-electron chi connectivity index (χ1n) is 9.34. The molecule has 0 saturated heterocycles. The fraction of sp³-hybridized carbons (Fsp3) is 0.318. The van der Waals surface area contributed by atoms with Crippen molar-refractivity contribution in [2.75, 3.05) is 13.6 Å². The fourth-order valence-electron chi connectivity index (χ4n) is 4.53. The minimum Gasteiger partial charge on any atom is -0.364 e. The van der Waals surface area contributed by atoms with E-state index >= 15 is 0 Å². The summed E-state index contributed by atoms with van der Waals surface area (Å²) in [6.45, 7) is 4.21. The predicted octanol–water partition coefficient (Wildman–Crippen LogP) is 3.57. The van der Waals surface area contributed by atoms with Gasteiger partial charge in [0.25, 0.3) is 0 Å². The Balaban J connectivity index is 1.76. The van der Waals surface area contributed by atoms with Crippen molar-refractivity contribution in [1.82, 2.24) is 14.5 Å². The first-order chi connectivity index (χ1) is 12.6. The van der Waals surface area contributed by atoms with Crippen LogP contribution in [0.3, 0.4) is 0 Å². The number of aromatic nitrogens is 2. The topological polar surface area (TPSA) is 41.0 Å². The molecule has 4 nitrogen and oxygen atoms in total. The van der Waals surface area contributed by atoms with Gasteiger partial charge in [-0.25, -0.2) is 0 Å². The second kappa shape index (κ2) is 5.71. The van der Waals surface area contributed by atoms with E-state index in [4.69, 9.17) is 0 Å². The first-order valence-corrected chi connectivity index (χ1v) is 9.34. The van der Waals surface area contributed by atoms with Crippen LogP contribution in [0.15, 0.2) is 35.3 Å². The van der Waals surface area contributed by atoms with E-state index in [1.54, 1.807) is 12.3 Å². The van der Waals surface area contributed by atoms with E-state index < -0.39 is 0 Å². The van der Waals surface area contributed by atoms with Gasteiger partial charge in [-0.05, 0) is 50.1 Å². The summed E-state index contributed by atoms with van der Waals surface area (Å²) in [4.78, 5) is 18.1. The van der Waals surface area contributed by atoms with Crippen LogP contribution in [0.4, 0.5) is 0 Å². The summed E-state index contributed by atoms with van der Waals surface area (Å²) >= 11 is 0. The molecule has 3 aromatic rings. The first kappa shape index (κ1) is 15.6. The van der Waals surface area contributed by atoms with Gasteiger partial charge in [-0.15, -0.1) is 0 Å². The maximum atomic E-state index is 12.4. The number of aryl methyl sites for hydroxylation is 2. The van der Waals surface area contributed by atoms with Gasteiger partial charge >= 0.3 is 0 Å². The predicted molar refractivity (Wildman–Crippen MR) is 106 cm³/mol. The lowest BCUT2D eigenvalue weighted by molar-refractivity contribution is 0.312. The number of rotatable bonds is 1. The van der Waals surface area contributed by atoms with Crippen molar-refractivity contribution in [3.05, 3.63) is 68.8 Å². The van der Waals surface area contributed by atoms with Gasteiger partial charge in [-0.3, -0.25) is 4.79 Å². The van der Waals surface area contributed by atoms with Gasteiger partial charge in [0, 0.05) is 60.3 Å². The van der Waals surface area contributed by atoms with E-state index in [0.717, 1.165) is 49.2 Å². The van der Waals surface area contributed by atoms with Crippen molar-refractivity contribution >= 4 is 22.7 Å². The van der Waals surface area contributed by atoms with Gasteiger partial charge < -0.3 is 14.5 Å². The normalized spacial score (nSPS) is 18.5. The molecule has 0 bridgehead atoms. The summed E-state index contributed by atoms with van der Waals surface area (Å²) < 4.78 is 2.36. The zero-order valence-corrected chi connectivity index (χ0v) is 15.3. The average molecular weight is 345 g/mol. The van der Waals surface area contributed by atoms with Gasteiger partial charge in [0.15, 0.2) is 5.43 Å². The quantitative estimate of drug-likeness (QED) is 0.732. The van der Waals surface area contributed by atoms with E-state index in [-0.39, 0.29) is 5.43 Å². The highest BCUT2D eigenvalue weighted by molar-refractivity contribution is 5.91. The molecule has 0 fully saturated rings. The highest BCUT2D eigenvalue weighted by atomic mass is 16.1. The Bertz CT molecular complexity index is 1120. The van der Waals surface area contributed by atoms with Crippen molar-refractivity contribution in [2.24, 2.45) is 0 Å². The summed E-state index contributed by atoms with van der Waals surface area (Å²) in [6, 6.07) is 8.35. The molecule has 1 aliphatic heterocycles. The molecule has 26 heavy (non-hydrogen) atoms. The fourth-order valence-corrected chi connectivity index (χ4v) is 4.53. The third-order valence-electron chi connectivity index (χ3n) is 5.83. The molecular formula is C22H23N3O. The number of allylic oxidation sites excluding steroid dienone is 1. The lowest BCUT2D eigenvalue weighted by Gasteiger charge is -2.23. The Kier molecular flexibility index (Phi) is 3.44. The molecule has 0 unspecified atom stereocenters. The molecule has 1 aliphatic carbocycles. The van der Waals surface area contributed by atoms with Crippen LogP contribution < -0.4 is 5.43 Å². The van der Waals surface area contributed by atoms with Crippen LogP contribution in [0, 0.1) is 6.92 Å². The number of pyridine rings is 1. The average Bonchev–Trinajstić information content (AvgIpc) is 3.16. The second-order valence-electron chi connectivity index (χ2n) is 7.65. The van der Waals surface area contributed by atoms with Crippen molar-refractivity contribution in [1.29, 1.82) is 0 Å². The molecule has 3 heterocycles. The largest absolute Gasteiger partial charge is 0.364 e. The number of likely N-dealkylation sites (N-methyl/N-ethyl adjacent to an activating group) is 1. The number of nitrogens with zero attached hydrogens (tertiary/aromatic N) is 2. The minimum absolute atomic E-state index is 0.128. The zero-order valence-electron chi connectivity index (χ0n) is 15.3. The van der Waals surface area contributed by atoms with Crippen LogP contribution in [-0.2, 0) is 19.4 Å². The third-order valence-corrected chi connectivity index (χ3v) is 5.83. The molecule has 0 saturated carbocycles. The highest BCUT2D eigenvalue weighted by Crippen LogP contribution is 2.35. The molecule has 1 N–H and O–H groups in total. The number of aromatic amines is 1. The van der Waals surface area contributed by atoms with Gasteiger partial charge in [-0.2, -0.15) is 0 Å². The lowest BCUT2D eigenvalue weighted by atomic mass is 10.0. The molecule has 1 aromatic carbocycles. The van der Waals surface area contributed by atoms with E-state index in [2.05, 4.69) is 52.8 Å². The van der Waals surface area contributed by atoms with Gasteiger partial charge in [0.1, 0.15) is 0 Å². The summed E-state index contributed by atoms with van der Waals surface area (Å²) in [7, 11) is 2.19. The van der Waals surface area contributed by atoms with Crippen LogP contribution in [0.5, 0.6) is 0 Å². The maximum absolute atomic E-state index is 12.4. The molecule has 5 rings (SSSR count). The third kappa shape index (κ3) is 2.29. The molecule has 0 radical (unpaired) electrons. The van der Waals surface area contributed by atoms with Crippen molar-refractivity contribution in [2.45, 2.75) is 32.7 Å². The van der Waals surface area contributed by atoms with Crippen LogP contribution in [0.1, 0.15) is 34.5 Å². The summed E-state index contributed by atoms with van der Waals surface area (Å²) in [6.07, 6.45) is 6.87. The highest BCUT2D eigenvalue weighted by Gasteiger charge is 2.24. The Morgan fingerprint density at radius 3 is 2.92 bits per heavy atom. The Morgan fingerprint density at radius 1 is 1.15 bits per heavy atom. The van der Waals surface area contributed by atoms with Crippen molar-refractivity contribution in [3.8, 4) is 0 Å². The molecular weight excluding hydrogens is 322 g/mol. The van der Waals surface area contributed by atoms with E-state index in [9.17, 15) is 4.79 Å². The molecule has 0 spiro atoms. The van der Waals surface area contributed by atoms with Crippen molar-refractivity contribution in [3.63, 3.8) is 0 Å². The van der Waals surface area contributed by atoms with Gasteiger partial charge in [-0.1, -0.05) is 11.6 Å². The summed E-state index contributed by atoms with van der Waals surface area (Å²) in [5.41, 5.74) is 8.62. The number of H-pyrrole nitrogens is 1. The van der Waals surface area contributed by atoms with Crippen molar-refractivity contribution < 1.29 is 0 Å². The van der Waals surface area contributed by atoms with Crippen LogP contribution in [-0.4, -0.2) is 28.0 Å². The number of hydrogen-bond donors (Lipinski definition) is 1. The van der Waals surface area contributed by atoms with E-state index in [1.165, 1.54) is 27.7 Å². The molecule has 132 valence electrons. The van der Waals surface area contributed by atoms with E-state index in [0.29, 0.717) is 0 Å². The monoisotopic (exact) mass is 345 g/mol. The Hall–Kier alpha value is -2.59. The molecule has 0 atom stereocenters. The molecule has 2 aliphatic rings. The molecule has 0 amide bonds. The number of fused-ring (bicyclic) bond motifs is 4. The molecule has 2 aromatic heterocycles. The number of hydrogen-bond acceptors (Lipinski definition) is 2. The van der Waals surface area contributed by atoms with Crippen LogP contribution >= 0.6 is 0 Å². The zero-order chi connectivity index (χ0) is 17.8. The number of nitrogens with one attached hydrogen (secondary N) is 1. The Morgan fingerprint density at radius 2 is 2.04 bits per heavy atom. The van der Waals surface area contributed by atoms with Gasteiger partial charge in [0.05, 0.1) is 5.52 Å². The lowest BCUT2D eigenvalue weighted by Crippen LogP contribution is -2.26. The van der Waals surface area contributed by atoms with Crippen LogP contribution in [0.2, 0.25) is 0 Å². The minimum atomic E-state index is 0.128. The number of benzene rings is 1. The maximum Gasteiger partial charge on any atom is 0.189 e. The molecule has 4 heteroatoms. The standard InChI is InChI=1S/C22H23N3O/c1-14-3-6-19-16(11-14)17-13-24(2)10-8-20(17)25(19)12-15-4-5-18-22(15)21(26)7-9-23-18/h3,6-7,9,11-12H,4-5,8,10,13H2,1-2H3,(H,23,26)/b15-12+. The summed E-state index contributed by atoms with van der Waals surface area (Å²) in [5.74, 6) is 0.